The van der Waals surface area contributed by atoms with Crippen LogP contribution in [0.2, 0.25) is 5.02 Å². The molecule has 0 spiro atoms. The first-order valence-corrected chi connectivity index (χ1v) is 7.66. The van der Waals surface area contributed by atoms with Crippen molar-refractivity contribution in [2.75, 3.05) is 51.3 Å². The van der Waals surface area contributed by atoms with Crippen molar-refractivity contribution in [1.82, 2.24) is 9.88 Å². The summed E-state index contributed by atoms with van der Waals surface area (Å²) < 4.78 is 5.14. The first-order valence-electron chi connectivity index (χ1n) is 7.29. The van der Waals surface area contributed by atoms with E-state index in [-0.39, 0.29) is 0 Å². The zero-order chi connectivity index (χ0) is 14.7. The Labute approximate surface area is 130 Å². The second kappa shape index (κ2) is 6.60. The Hall–Kier alpha value is -1.36. The number of fused-ring (bicyclic) bond motifs is 1. The third-order valence-corrected chi connectivity index (χ3v) is 4.18. The average Bonchev–Trinajstić information content (AvgIpc) is 2.53. The first-order chi connectivity index (χ1) is 10.3. The van der Waals surface area contributed by atoms with Crippen molar-refractivity contribution in [2.24, 2.45) is 0 Å². The van der Waals surface area contributed by atoms with Crippen molar-refractivity contribution in [1.29, 1.82) is 0 Å². The zero-order valence-electron chi connectivity index (χ0n) is 12.3. The predicted octanol–water partition coefficient (Wildman–Crippen LogP) is 2.66. The molecule has 0 unspecified atom stereocenters. The molecular formula is C16H20ClN3O. The molecular weight excluding hydrogens is 286 g/mol. The van der Waals surface area contributed by atoms with Gasteiger partial charge in [0, 0.05) is 50.2 Å². The number of hydrogen-bond acceptors (Lipinski definition) is 4. The molecule has 4 nitrogen and oxygen atoms in total. The summed E-state index contributed by atoms with van der Waals surface area (Å²) in [7, 11) is 1.75. The fraction of sp³-hybridized carbons (Fsp3) is 0.438. The molecule has 21 heavy (non-hydrogen) atoms. The Morgan fingerprint density at radius 3 is 2.71 bits per heavy atom. The molecule has 3 rings (SSSR count). The minimum Gasteiger partial charge on any atom is -0.383 e. The van der Waals surface area contributed by atoms with E-state index >= 15 is 0 Å². The van der Waals surface area contributed by atoms with Gasteiger partial charge in [0.15, 0.2) is 0 Å². The van der Waals surface area contributed by atoms with Crippen molar-refractivity contribution >= 4 is 28.3 Å². The van der Waals surface area contributed by atoms with Gasteiger partial charge >= 0.3 is 0 Å². The molecule has 0 bridgehead atoms. The van der Waals surface area contributed by atoms with Crippen LogP contribution in [0.1, 0.15) is 0 Å². The van der Waals surface area contributed by atoms with Gasteiger partial charge < -0.3 is 9.64 Å². The fourth-order valence-corrected chi connectivity index (χ4v) is 2.86. The van der Waals surface area contributed by atoms with Crippen molar-refractivity contribution in [3.8, 4) is 0 Å². The molecule has 1 saturated heterocycles. The van der Waals surface area contributed by atoms with Gasteiger partial charge in [0.25, 0.3) is 0 Å². The van der Waals surface area contributed by atoms with Gasteiger partial charge in [-0.2, -0.15) is 0 Å². The van der Waals surface area contributed by atoms with Gasteiger partial charge in [0.05, 0.1) is 12.1 Å². The molecule has 2 heterocycles. The third kappa shape index (κ3) is 3.46. The maximum Gasteiger partial charge on any atom is 0.129 e. The summed E-state index contributed by atoms with van der Waals surface area (Å²) in [5.41, 5.74) is 0.999. The summed E-state index contributed by atoms with van der Waals surface area (Å²) in [5, 5.41) is 1.84. The lowest BCUT2D eigenvalue weighted by molar-refractivity contribution is 0.144. The van der Waals surface area contributed by atoms with Crippen LogP contribution in [-0.2, 0) is 4.74 Å². The van der Waals surface area contributed by atoms with Gasteiger partial charge in [-0.25, -0.2) is 4.98 Å². The molecule has 0 amide bonds. The first kappa shape index (κ1) is 14.6. The molecule has 112 valence electrons. The Bertz CT molecular complexity index is 611. The Morgan fingerprint density at radius 1 is 1.14 bits per heavy atom. The van der Waals surface area contributed by atoms with Crippen LogP contribution in [0, 0.1) is 0 Å². The minimum absolute atomic E-state index is 0.754. The maximum atomic E-state index is 6.01. The molecule has 0 aliphatic carbocycles. The molecule has 1 aliphatic rings. The van der Waals surface area contributed by atoms with Crippen LogP contribution >= 0.6 is 11.6 Å². The monoisotopic (exact) mass is 305 g/mol. The van der Waals surface area contributed by atoms with Crippen molar-refractivity contribution in [3.63, 3.8) is 0 Å². The van der Waals surface area contributed by atoms with Crippen LogP contribution in [0.4, 0.5) is 5.82 Å². The number of ether oxygens (including phenoxy) is 1. The predicted molar refractivity (Wildman–Crippen MR) is 87.3 cm³/mol. The lowest BCUT2D eigenvalue weighted by Crippen LogP contribution is -2.47. The summed E-state index contributed by atoms with van der Waals surface area (Å²) in [6, 6.07) is 10.0. The van der Waals surface area contributed by atoms with Gasteiger partial charge in [-0.05, 0) is 30.3 Å². The number of anilines is 1. The highest BCUT2D eigenvalue weighted by atomic mass is 35.5. The summed E-state index contributed by atoms with van der Waals surface area (Å²) in [5.74, 6) is 1.05. The average molecular weight is 306 g/mol. The van der Waals surface area contributed by atoms with Crippen LogP contribution in [0.25, 0.3) is 10.9 Å². The van der Waals surface area contributed by atoms with E-state index in [2.05, 4.69) is 21.9 Å². The number of aromatic nitrogens is 1. The number of nitrogens with zero attached hydrogens (tertiary/aromatic N) is 3. The lowest BCUT2D eigenvalue weighted by atomic mass is 10.2. The topological polar surface area (TPSA) is 28.6 Å². The summed E-state index contributed by atoms with van der Waals surface area (Å²) in [6.45, 7) is 5.95. The third-order valence-electron chi connectivity index (χ3n) is 3.94. The molecule has 5 heteroatoms. The van der Waals surface area contributed by atoms with Crippen LogP contribution in [-0.4, -0.2) is 56.3 Å². The number of piperazine rings is 1. The standard InChI is InChI=1S/C16H20ClN3O/c1-21-11-10-19-6-8-20(9-7-19)16-5-2-13-12-14(17)3-4-15(13)18-16/h2-5,12H,6-11H2,1H3. The molecule has 1 aromatic heterocycles. The van der Waals surface area contributed by atoms with Gasteiger partial charge in [-0.1, -0.05) is 11.6 Å². The smallest absolute Gasteiger partial charge is 0.129 e. The van der Waals surface area contributed by atoms with Crippen LogP contribution in [0.5, 0.6) is 0 Å². The second-order valence-corrected chi connectivity index (χ2v) is 5.76. The highest BCUT2D eigenvalue weighted by Gasteiger charge is 2.17. The van der Waals surface area contributed by atoms with Crippen molar-refractivity contribution in [3.05, 3.63) is 35.4 Å². The number of halogens is 1. The second-order valence-electron chi connectivity index (χ2n) is 5.33. The number of hydrogen-bond donors (Lipinski definition) is 0. The number of methoxy groups -OCH3 is 1. The molecule has 2 aromatic rings. The van der Waals surface area contributed by atoms with Gasteiger partial charge in [-0.3, -0.25) is 4.90 Å². The van der Waals surface area contributed by atoms with E-state index in [0.717, 1.165) is 61.1 Å². The van der Waals surface area contributed by atoms with Gasteiger partial charge in [0.2, 0.25) is 0 Å². The zero-order valence-corrected chi connectivity index (χ0v) is 13.0. The van der Waals surface area contributed by atoms with Gasteiger partial charge in [-0.15, -0.1) is 0 Å². The Morgan fingerprint density at radius 2 is 1.95 bits per heavy atom. The van der Waals surface area contributed by atoms with E-state index < -0.39 is 0 Å². The quantitative estimate of drug-likeness (QED) is 0.868. The number of rotatable bonds is 4. The molecule has 0 atom stereocenters. The number of benzene rings is 1. The molecule has 1 aromatic carbocycles. The molecule has 0 radical (unpaired) electrons. The highest BCUT2D eigenvalue weighted by Crippen LogP contribution is 2.22. The van der Waals surface area contributed by atoms with E-state index in [4.69, 9.17) is 21.3 Å². The number of pyridine rings is 1. The van der Waals surface area contributed by atoms with E-state index in [1.807, 2.05) is 18.2 Å². The minimum atomic E-state index is 0.754. The highest BCUT2D eigenvalue weighted by molar-refractivity contribution is 6.31. The molecule has 0 saturated carbocycles. The van der Waals surface area contributed by atoms with E-state index in [9.17, 15) is 0 Å². The fourth-order valence-electron chi connectivity index (χ4n) is 2.68. The van der Waals surface area contributed by atoms with Crippen LogP contribution < -0.4 is 4.90 Å². The van der Waals surface area contributed by atoms with Crippen molar-refractivity contribution in [2.45, 2.75) is 0 Å². The normalized spacial score (nSPS) is 16.6. The lowest BCUT2D eigenvalue weighted by Gasteiger charge is -2.35. The summed E-state index contributed by atoms with van der Waals surface area (Å²) in [4.78, 5) is 9.53. The largest absolute Gasteiger partial charge is 0.383 e. The molecule has 1 aliphatic heterocycles. The maximum absolute atomic E-state index is 6.01. The van der Waals surface area contributed by atoms with E-state index in [0.29, 0.717) is 0 Å². The Balaban J connectivity index is 1.69. The summed E-state index contributed by atoms with van der Waals surface area (Å²) >= 11 is 6.01. The van der Waals surface area contributed by atoms with E-state index in [1.54, 1.807) is 7.11 Å². The van der Waals surface area contributed by atoms with Crippen LogP contribution in [0.3, 0.4) is 0 Å². The Kier molecular flexibility index (Phi) is 4.58. The molecule has 0 N–H and O–H groups in total. The van der Waals surface area contributed by atoms with Gasteiger partial charge in [0.1, 0.15) is 5.82 Å². The van der Waals surface area contributed by atoms with E-state index in [1.165, 1.54) is 0 Å². The molecule has 1 fully saturated rings. The van der Waals surface area contributed by atoms with Crippen LogP contribution in [0.15, 0.2) is 30.3 Å². The summed E-state index contributed by atoms with van der Waals surface area (Å²) in [6.07, 6.45) is 0. The van der Waals surface area contributed by atoms with Crippen molar-refractivity contribution < 1.29 is 4.74 Å². The SMILES string of the molecule is COCCN1CCN(c2ccc3cc(Cl)ccc3n2)CC1.